The summed E-state index contributed by atoms with van der Waals surface area (Å²) in [5.41, 5.74) is 5.88. The predicted molar refractivity (Wildman–Crippen MR) is 91.6 cm³/mol. The van der Waals surface area contributed by atoms with E-state index in [1.54, 1.807) is 30.3 Å². The number of ketones is 1. The summed E-state index contributed by atoms with van der Waals surface area (Å²) in [5, 5.41) is -0.205. The van der Waals surface area contributed by atoms with E-state index in [1.807, 2.05) is 0 Å². The zero-order valence-electron chi connectivity index (χ0n) is 13.2. The van der Waals surface area contributed by atoms with Crippen molar-refractivity contribution in [2.75, 3.05) is 0 Å². The van der Waals surface area contributed by atoms with Gasteiger partial charge in [-0.15, -0.1) is 0 Å². The minimum atomic E-state index is -4.17. The first-order valence-corrected chi connectivity index (χ1v) is 9.34. The molecule has 3 rings (SSSR count). The molecule has 2 aromatic rings. The molecule has 0 aromatic heterocycles. The maximum absolute atomic E-state index is 14.1. The minimum Gasteiger partial charge on any atom is -0.460 e. The van der Waals surface area contributed by atoms with Crippen molar-refractivity contribution in [1.29, 1.82) is 0 Å². The molecule has 136 valence electrons. The number of Topliss-reactive ketones (excluding diaryl/α,β-unsaturated/α-hetero) is 1. The van der Waals surface area contributed by atoms with Crippen LogP contribution >= 0.6 is 11.6 Å². The smallest absolute Gasteiger partial charge is 0.313 e. The molecular weight excluding hydrogens is 385 g/mol. The fourth-order valence-corrected chi connectivity index (χ4v) is 3.68. The summed E-state index contributed by atoms with van der Waals surface area (Å²) >= 11 is 5.70. The highest BCUT2D eigenvalue weighted by atomic mass is 35.5. The van der Waals surface area contributed by atoms with Crippen LogP contribution in [0.3, 0.4) is 0 Å². The molecule has 1 heterocycles. The summed E-state index contributed by atoms with van der Waals surface area (Å²) in [4.78, 5) is 12.4. The summed E-state index contributed by atoms with van der Waals surface area (Å²) in [5.74, 6) is -3.43. The first kappa shape index (κ1) is 18.2. The van der Waals surface area contributed by atoms with E-state index in [0.717, 1.165) is 0 Å². The van der Waals surface area contributed by atoms with E-state index < -0.39 is 45.2 Å². The molecule has 1 aliphatic heterocycles. The molecule has 9 heteroatoms. The maximum atomic E-state index is 14.1. The number of hydrogen-bond donors (Lipinski definition) is 1. The van der Waals surface area contributed by atoms with Gasteiger partial charge in [0.25, 0.3) is 0 Å². The van der Waals surface area contributed by atoms with Gasteiger partial charge in [-0.3, -0.25) is 4.79 Å². The Morgan fingerprint density at radius 2 is 1.85 bits per heavy atom. The van der Waals surface area contributed by atoms with E-state index in [2.05, 4.69) is 0 Å². The van der Waals surface area contributed by atoms with Crippen molar-refractivity contribution in [3.8, 4) is 0 Å². The molecule has 0 bridgehead atoms. The van der Waals surface area contributed by atoms with Crippen LogP contribution in [0.15, 0.2) is 60.2 Å². The number of benzene rings is 2. The van der Waals surface area contributed by atoms with Gasteiger partial charge in [-0.05, 0) is 11.6 Å². The lowest BCUT2D eigenvalue weighted by Gasteiger charge is -2.11. The third-order valence-electron chi connectivity index (χ3n) is 3.59. The Bertz CT molecular complexity index is 991. The van der Waals surface area contributed by atoms with Gasteiger partial charge in [-0.25, -0.2) is 4.39 Å². The first-order valence-electron chi connectivity index (χ1n) is 7.39. The fourth-order valence-electron chi connectivity index (χ4n) is 2.42. The highest BCUT2D eigenvalue weighted by molar-refractivity contribution is 7.86. The van der Waals surface area contributed by atoms with Crippen LogP contribution in [0.25, 0.3) is 0 Å². The van der Waals surface area contributed by atoms with Crippen LogP contribution in [0.2, 0.25) is 5.02 Å². The van der Waals surface area contributed by atoms with Crippen LogP contribution in [-0.4, -0.2) is 14.2 Å². The fraction of sp³-hybridized carbons (Fsp3) is 0.118. The van der Waals surface area contributed by atoms with Crippen molar-refractivity contribution >= 4 is 27.5 Å². The van der Waals surface area contributed by atoms with Crippen molar-refractivity contribution in [2.45, 2.75) is 11.9 Å². The lowest BCUT2D eigenvalue weighted by atomic mass is 10.1. The molecule has 0 saturated heterocycles. The molecule has 1 atom stereocenters. The topological polar surface area (TPSA) is 95.7 Å². The molecule has 0 spiro atoms. The molecule has 1 unspecified atom stereocenters. The van der Waals surface area contributed by atoms with Crippen molar-refractivity contribution in [3.63, 3.8) is 0 Å². The zero-order valence-corrected chi connectivity index (χ0v) is 14.8. The Labute approximate surface area is 154 Å². The second-order valence-electron chi connectivity index (χ2n) is 5.47. The Kier molecular flexibility index (Phi) is 4.88. The van der Waals surface area contributed by atoms with Gasteiger partial charge in [0.2, 0.25) is 17.4 Å². The SMILES string of the molecule is NC1=C(OS(=O)(=O)Cc2ccccc2)C(=O)C(c2cccc(Cl)c2F)O1. The minimum absolute atomic E-state index is 0.162. The van der Waals surface area contributed by atoms with Gasteiger partial charge < -0.3 is 14.7 Å². The molecule has 2 aromatic carbocycles. The van der Waals surface area contributed by atoms with Gasteiger partial charge in [0, 0.05) is 5.56 Å². The average Bonchev–Trinajstić information content (AvgIpc) is 2.85. The van der Waals surface area contributed by atoms with Gasteiger partial charge in [0.05, 0.1) is 5.02 Å². The second kappa shape index (κ2) is 6.97. The highest BCUT2D eigenvalue weighted by Crippen LogP contribution is 2.35. The summed E-state index contributed by atoms with van der Waals surface area (Å²) in [6.07, 6.45) is -1.46. The summed E-state index contributed by atoms with van der Waals surface area (Å²) < 4.78 is 48.5. The van der Waals surface area contributed by atoms with E-state index in [9.17, 15) is 17.6 Å². The van der Waals surface area contributed by atoms with E-state index in [-0.39, 0.29) is 10.6 Å². The normalized spacial score (nSPS) is 17.3. The van der Waals surface area contributed by atoms with Crippen molar-refractivity contribution in [1.82, 2.24) is 0 Å². The largest absolute Gasteiger partial charge is 0.460 e. The van der Waals surface area contributed by atoms with E-state index in [1.165, 1.54) is 18.2 Å². The molecule has 6 nitrogen and oxygen atoms in total. The number of hydrogen-bond acceptors (Lipinski definition) is 6. The van der Waals surface area contributed by atoms with E-state index in [0.29, 0.717) is 5.56 Å². The molecule has 0 aliphatic carbocycles. The van der Waals surface area contributed by atoms with Crippen molar-refractivity contribution in [2.24, 2.45) is 5.73 Å². The Hall–Kier alpha value is -2.58. The Morgan fingerprint density at radius 1 is 1.15 bits per heavy atom. The average molecular weight is 398 g/mol. The molecular formula is C17H13ClFNO5S. The summed E-state index contributed by atoms with van der Waals surface area (Å²) in [6, 6.07) is 12.3. The standard InChI is InChI=1S/C17H13ClFNO5S/c18-12-8-4-7-11(13(12)19)15-14(21)16(17(20)24-15)25-26(22,23)9-10-5-2-1-3-6-10/h1-8,15H,9,20H2. The highest BCUT2D eigenvalue weighted by Gasteiger charge is 2.41. The molecule has 0 radical (unpaired) electrons. The first-order chi connectivity index (χ1) is 12.3. The summed E-state index contributed by atoms with van der Waals surface area (Å²) in [7, 11) is -4.17. The zero-order chi connectivity index (χ0) is 18.9. The van der Waals surface area contributed by atoms with Crippen molar-refractivity contribution in [3.05, 3.63) is 82.1 Å². The van der Waals surface area contributed by atoms with Crippen LogP contribution < -0.4 is 5.73 Å². The van der Waals surface area contributed by atoms with Crippen LogP contribution in [0.1, 0.15) is 17.2 Å². The second-order valence-corrected chi connectivity index (χ2v) is 7.45. The third kappa shape index (κ3) is 3.66. The Morgan fingerprint density at radius 3 is 2.54 bits per heavy atom. The van der Waals surface area contributed by atoms with Crippen LogP contribution in [-0.2, 0) is 29.6 Å². The van der Waals surface area contributed by atoms with Crippen LogP contribution in [0.5, 0.6) is 0 Å². The van der Waals surface area contributed by atoms with Gasteiger partial charge in [-0.1, -0.05) is 54.1 Å². The quantitative estimate of drug-likeness (QED) is 0.779. The number of rotatable bonds is 5. The number of ether oxygens (including phenoxy) is 1. The molecule has 26 heavy (non-hydrogen) atoms. The number of nitrogens with two attached hydrogens (primary N) is 1. The number of carbonyl (C=O) groups is 1. The Balaban J connectivity index is 1.82. The number of carbonyl (C=O) groups excluding carboxylic acids is 1. The van der Waals surface area contributed by atoms with Crippen molar-refractivity contribution < 1.29 is 26.5 Å². The molecule has 0 amide bonds. The molecule has 1 aliphatic rings. The van der Waals surface area contributed by atoms with E-state index >= 15 is 0 Å². The third-order valence-corrected chi connectivity index (χ3v) is 4.99. The van der Waals surface area contributed by atoms with Crippen LogP contribution in [0.4, 0.5) is 4.39 Å². The lowest BCUT2D eigenvalue weighted by Crippen LogP contribution is -2.17. The van der Waals surface area contributed by atoms with Crippen LogP contribution in [0, 0.1) is 5.82 Å². The maximum Gasteiger partial charge on any atom is 0.313 e. The lowest BCUT2D eigenvalue weighted by molar-refractivity contribution is -0.123. The van der Waals surface area contributed by atoms with Gasteiger partial charge in [-0.2, -0.15) is 8.42 Å². The predicted octanol–water partition coefficient (Wildman–Crippen LogP) is 2.79. The molecule has 2 N–H and O–H groups in total. The molecule has 0 fully saturated rings. The monoisotopic (exact) mass is 397 g/mol. The summed E-state index contributed by atoms with van der Waals surface area (Å²) in [6.45, 7) is 0. The molecule has 0 saturated carbocycles. The van der Waals surface area contributed by atoms with Gasteiger partial charge in [0.15, 0.2) is 6.10 Å². The van der Waals surface area contributed by atoms with Gasteiger partial charge in [0.1, 0.15) is 11.6 Å². The van der Waals surface area contributed by atoms with Gasteiger partial charge >= 0.3 is 10.1 Å². The number of halogens is 2. The van der Waals surface area contributed by atoms with E-state index in [4.69, 9.17) is 26.3 Å².